The fraction of sp³-hybridized carbons (Fsp3) is 0.636. The number of aromatic nitrogens is 1. The molecule has 3 nitrogen and oxygen atoms in total. The van der Waals surface area contributed by atoms with E-state index in [-0.39, 0.29) is 6.10 Å². The zero-order chi connectivity index (χ0) is 17.4. The van der Waals surface area contributed by atoms with Crippen LogP contribution in [-0.4, -0.2) is 34.9 Å². The maximum Gasteiger partial charge on any atom is 0.121 e. The van der Waals surface area contributed by atoms with Crippen molar-refractivity contribution >= 4 is 10.9 Å². The Morgan fingerprint density at radius 3 is 2.88 bits per heavy atom. The molecular formula is C22H33N2O+. The lowest BCUT2D eigenvalue weighted by Gasteiger charge is -2.32. The van der Waals surface area contributed by atoms with Crippen molar-refractivity contribution in [3.05, 3.63) is 35.0 Å². The van der Waals surface area contributed by atoms with E-state index in [1.54, 1.807) is 10.5 Å². The van der Waals surface area contributed by atoms with Gasteiger partial charge in [-0.3, -0.25) is 0 Å². The number of hydrogen-bond donors (Lipinski definition) is 2. The van der Waals surface area contributed by atoms with Crippen LogP contribution in [0.1, 0.15) is 55.8 Å². The van der Waals surface area contributed by atoms with E-state index in [4.69, 9.17) is 0 Å². The van der Waals surface area contributed by atoms with Gasteiger partial charge in [-0.05, 0) is 76.5 Å². The van der Waals surface area contributed by atoms with E-state index < -0.39 is 0 Å². The quantitative estimate of drug-likeness (QED) is 0.880. The smallest absolute Gasteiger partial charge is 0.121 e. The van der Waals surface area contributed by atoms with Crippen LogP contribution in [0.15, 0.2) is 18.2 Å². The van der Waals surface area contributed by atoms with E-state index in [0.717, 1.165) is 13.1 Å². The van der Waals surface area contributed by atoms with Crippen molar-refractivity contribution in [2.45, 2.75) is 77.5 Å². The number of aliphatic hydroxyl groups is 1. The van der Waals surface area contributed by atoms with Gasteiger partial charge in [-0.1, -0.05) is 11.6 Å². The number of quaternary nitrogens is 1. The predicted molar refractivity (Wildman–Crippen MR) is 103 cm³/mol. The van der Waals surface area contributed by atoms with Gasteiger partial charge in [-0.25, -0.2) is 0 Å². The molecule has 2 heterocycles. The van der Waals surface area contributed by atoms with Gasteiger partial charge in [0.15, 0.2) is 0 Å². The number of aliphatic hydroxyl groups excluding tert-OH is 1. The molecule has 1 aromatic carbocycles. The van der Waals surface area contributed by atoms with Crippen LogP contribution >= 0.6 is 0 Å². The van der Waals surface area contributed by atoms with Crippen molar-refractivity contribution in [2.24, 2.45) is 0 Å². The number of benzene rings is 1. The first-order valence-electron chi connectivity index (χ1n) is 10.3. The SMILES string of the molecule is Cc1ccc2c(c1)c1c(n2CC(O)C[NH+]2CCCCC2C)CCCC1. The molecule has 1 saturated heterocycles. The second-order valence-corrected chi connectivity index (χ2v) is 8.43. The highest BCUT2D eigenvalue weighted by Gasteiger charge is 2.26. The topological polar surface area (TPSA) is 29.6 Å². The Hall–Kier alpha value is -1.32. The van der Waals surface area contributed by atoms with E-state index in [1.165, 1.54) is 73.7 Å². The summed E-state index contributed by atoms with van der Waals surface area (Å²) in [4.78, 5) is 1.60. The highest BCUT2D eigenvalue weighted by molar-refractivity contribution is 5.86. The summed E-state index contributed by atoms with van der Waals surface area (Å²) in [6, 6.07) is 7.53. The third kappa shape index (κ3) is 3.37. The summed E-state index contributed by atoms with van der Waals surface area (Å²) in [5.74, 6) is 0. The molecule has 3 atom stereocenters. The lowest BCUT2D eigenvalue weighted by atomic mass is 9.95. The van der Waals surface area contributed by atoms with Crippen LogP contribution in [0.4, 0.5) is 0 Å². The van der Waals surface area contributed by atoms with Gasteiger partial charge in [-0.2, -0.15) is 0 Å². The normalized spacial score (nSPS) is 25.1. The summed E-state index contributed by atoms with van der Waals surface area (Å²) in [5.41, 5.74) is 5.71. The molecule has 3 heteroatoms. The van der Waals surface area contributed by atoms with E-state index in [1.807, 2.05) is 0 Å². The molecular weight excluding hydrogens is 308 g/mol. The van der Waals surface area contributed by atoms with Crippen LogP contribution in [0.2, 0.25) is 0 Å². The summed E-state index contributed by atoms with van der Waals surface area (Å²) < 4.78 is 2.45. The Balaban J connectivity index is 1.60. The molecule has 136 valence electrons. The van der Waals surface area contributed by atoms with Gasteiger partial charge in [0.25, 0.3) is 0 Å². The minimum absolute atomic E-state index is 0.251. The second kappa shape index (κ2) is 7.13. The maximum atomic E-state index is 10.9. The number of hydrogen-bond acceptors (Lipinski definition) is 1. The lowest BCUT2D eigenvalue weighted by Crippen LogP contribution is -3.17. The van der Waals surface area contributed by atoms with Crippen LogP contribution in [0, 0.1) is 6.92 Å². The third-order valence-corrected chi connectivity index (χ3v) is 6.51. The summed E-state index contributed by atoms with van der Waals surface area (Å²) in [5, 5.41) is 12.3. The van der Waals surface area contributed by atoms with Crippen molar-refractivity contribution in [2.75, 3.05) is 13.1 Å². The highest BCUT2D eigenvalue weighted by Crippen LogP contribution is 2.33. The monoisotopic (exact) mass is 341 g/mol. The fourth-order valence-electron chi connectivity index (χ4n) is 5.09. The Kier molecular flexibility index (Phi) is 4.88. The fourth-order valence-corrected chi connectivity index (χ4v) is 5.09. The molecule has 1 aliphatic carbocycles. The number of nitrogens with zero attached hydrogens (tertiary/aromatic N) is 1. The van der Waals surface area contributed by atoms with Gasteiger partial charge in [-0.15, -0.1) is 0 Å². The first-order valence-corrected chi connectivity index (χ1v) is 10.3. The number of nitrogens with one attached hydrogen (secondary N) is 1. The van der Waals surface area contributed by atoms with Crippen LogP contribution in [-0.2, 0) is 19.4 Å². The van der Waals surface area contributed by atoms with Crippen molar-refractivity contribution < 1.29 is 10.0 Å². The van der Waals surface area contributed by atoms with E-state index in [2.05, 4.69) is 36.6 Å². The zero-order valence-corrected chi connectivity index (χ0v) is 15.9. The molecule has 0 amide bonds. The molecule has 2 N–H and O–H groups in total. The van der Waals surface area contributed by atoms with Crippen molar-refractivity contribution in [1.82, 2.24) is 4.57 Å². The van der Waals surface area contributed by atoms with Crippen LogP contribution in [0.3, 0.4) is 0 Å². The average Bonchev–Trinajstić information content (AvgIpc) is 2.91. The summed E-state index contributed by atoms with van der Waals surface area (Å²) in [6.45, 7) is 7.40. The Morgan fingerprint density at radius 2 is 2.04 bits per heavy atom. The van der Waals surface area contributed by atoms with E-state index in [9.17, 15) is 5.11 Å². The van der Waals surface area contributed by atoms with Gasteiger partial charge in [0.1, 0.15) is 12.6 Å². The van der Waals surface area contributed by atoms with Crippen molar-refractivity contribution in [1.29, 1.82) is 0 Å². The molecule has 1 fully saturated rings. The third-order valence-electron chi connectivity index (χ3n) is 6.51. The van der Waals surface area contributed by atoms with Gasteiger partial charge in [0.05, 0.1) is 19.1 Å². The number of aryl methyl sites for hydroxylation is 2. The summed E-state index contributed by atoms with van der Waals surface area (Å²) in [7, 11) is 0. The lowest BCUT2D eigenvalue weighted by molar-refractivity contribution is -0.931. The van der Waals surface area contributed by atoms with Gasteiger partial charge in [0.2, 0.25) is 0 Å². The van der Waals surface area contributed by atoms with Gasteiger partial charge in [0, 0.05) is 16.6 Å². The van der Waals surface area contributed by atoms with Gasteiger partial charge >= 0.3 is 0 Å². The van der Waals surface area contributed by atoms with Crippen LogP contribution in [0.25, 0.3) is 10.9 Å². The molecule has 0 spiro atoms. The Bertz CT molecular complexity index is 748. The molecule has 1 aromatic heterocycles. The zero-order valence-electron chi connectivity index (χ0n) is 15.9. The Morgan fingerprint density at radius 1 is 1.20 bits per heavy atom. The molecule has 3 unspecified atom stereocenters. The first-order chi connectivity index (χ1) is 12.1. The largest absolute Gasteiger partial charge is 0.385 e. The summed E-state index contributed by atoms with van der Waals surface area (Å²) in [6.07, 6.45) is 8.69. The van der Waals surface area contributed by atoms with Crippen LogP contribution < -0.4 is 4.90 Å². The number of fused-ring (bicyclic) bond motifs is 3. The van der Waals surface area contributed by atoms with Crippen molar-refractivity contribution in [3.8, 4) is 0 Å². The summed E-state index contributed by atoms with van der Waals surface area (Å²) >= 11 is 0. The standard InChI is InChI=1S/C22H32N2O/c1-16-10-11-22-20(13-16)19-8-3-4-9-21(19)24(22)15-18(25)14-23-12-6-5-7-17(23)2/h10-11,13,17-18,25H,3-9,12,14-15H2,1-2H3/p+1. The van der Waals surface area contributed by atoms with Gasteiger partial charge < -0.3 is 14.6 Å². The van der Waals surface area contributed by atoms with E-state index in [0.29, 0.717) is 6.04 Å². The molecule has 0 saturated carbocycles. The first kappa shape index (κ1) is 17.1. The molecule has 4 rings (SSSR count). The molecule has 0 bridgehead atoms. The van der Waals surface area contributed by atoms with E-state index >= 15 is 0 Å². The molecule has 25 heavy (non-hydrogen) atoms. The molecule has 2 aliphatic rings. The maximum absolute atomic E-state index is 10.9. The Labute approximate surface area is 151 Å². The highest BCUT2D eigenvalue weighted by atomic mass is 16.3. The van der Waals surface area contributed by atoms with Crippen LogP contribution in [0.5, 0.6) is 0 Å². The molecule has 1 aliphatic heterocycles. The number of piperidine rings is 1. The second-order valence-electron chi connectivity index (χ2n) is 8.43. The molecule has 2 aromatic rings. The average molecular weight is 342 g/mol. The number of rotatable bonds is 4. The predicted octanol–water partition coefficient (Wildman–Crippen LogP) is 2.65. The van der Waals surface area contributed by atoms with Crippen molar-refractivity contribution in [3.63, 3.8) is 0 Å². The minimum atomic E-state index is -0.251. The molecule has 0 radical (unpaired) electrons. The minimum Gasteiger partial charge on any atom is -0.385 e. The number of likely N-dealkylation sites (tertiary alicyclic amines) is 1.